The lowest BCUT2D eigenvalue weighted by Crippen LogP contribution is -2.50. The fourth-order valence-electron chi connectivity index (χ4n) is 3.17. The molecule has 20 heavy (non-hydrogen) atoms. The topological polar surface area (TPSA) is 69.7 Å². The maximum atomic E-state index is 12.3. The highest BCUT2D eigenvalue weighted by atomic mass is 16.2. The van der Waals surface area contributed by atoms with E-state index in [2.05, 4.69) is 5.32 Å². The first-order valence-corrected chi connectivity index (χ1v) is 7.17. The Morgan fingerprint density at radius 2 is 1.65 bits per heavy atom. The van der Waals surface area contributed by atoms with Crippen molar-refractivity contribution in [2.45, 2.75) is 12.8 Å². The summed E-state index contributed by atoms with van der Waals surface area (Å²) in [6.45, 7) is 2.73. The molecule has 0 aromatic carbocycles. The molecule has 0 unspecified atom stereocenters. The van der Waals surface area contributed by atoms with Crippen molar-refractivity contribution < 1.29 is 14.4 Å². The van der Waals surface area contributed by atoms with Crippen LogP contribution in [0.15, 0.2) is 12.2 Å². The maximum absolute atomic E-state index is 12.3. The summed E-state index contributed by atoms with van der Waals surface area (Å²) < 4.78 is 0. The SMILES string of the molecule is O=C(CN1C(=O)[C@H]2CC=CC[C@H]2C1=O)N1CCNCC1. The Morgan fingerprint density at radius 3 is 2.20 bits per heavy atom. The lowest BCUT2D eigenvalue weighted by molar-refractivity contribution is -0.146. The number of hydrogen-bond donors (Lipinski definition) is 1. The Labute approximate surface area is 117 Å². The zero-order valence-electron chi connectivity index (χ0n) is 11.4. The molecule has 1 aliphatic carbocycles. The molecule has 0 spiro atoms. The molecule has 0 radical (unpaired) electrons. The minimum Gasteiger partial charge on any atom is -0.339 e. The molecule has 0 bridgehead atoms. The standard InChI is InChI=1S/C14H19N3O3/c18-12(16-7-5-15-6-8-16)9-17-13(19)10-3-1-2-4-11(10)14(17)20/h1-2,10-11,15H,3-9H2/t10-,11+. The number of nitrogens with one attached hydrogen (secondary N) is 1. The minimum atomic E-state index is -0.247. The Kier molecular flexibility index (Phi) is 3.56. The summed E-state index contributed by atoms with van der Waals surface area (Å²) in [7, 11) is 0. The number of fused-ring (bicyclic) bond motifs is 1. The van der Waals surface area contributed by atoms with E-state index in [0.717, 1.165) is 13.1 Å². The molecule has 3 amide bonds. The van der Waals surface area contributed by atoms with Crippen molar-refractivity contribution in [2.24, 2.45) is 11.8 Å². The van der Waals surface area contributed by atoms with E-state index in [1.807, 2.05) is 12.2 Å². The molecule has 2 heterocycles. The molecule has 0 aromatic heterocycles. The molecular formula is C14H19N3O3. The van der Waals surface area contributed by atoms with Gasteiger partial charge in [-0.05, 0) is 12.8 Å². The molecule has 1 N–H and O–H groups in total. The molecule has 6 nitrogen and oxygen atoms in total. The van der Waals surface area contributed by atoms with Gasteiger partial charge in [0.1, 0.15) is 6.54 Å². The van der Waals surface area contributed by atoms with Crippen molar-refractivity contribution in [1.29, 1.82) is 0 Å². The van der Waals surface area contributed by atoms with Gasteiger partial charge in [-0.3, -0.25) is 19.3 Å². The van der Waals surface area contributed by atoms with Crippen LogP contribution in [0.3, 0.4) is 0 Å². The van der Waals surface area contributed by atoms with Crippen LogP contribution in [0.1, 0.15) is 12.8 Å². The van der Waals surface area contributed by atoms with Crippen molar-refractivity contribution in [3.8, 4) is 0 Å². The number of piperazine rings is 1. The summed E-state index contributed by atoms with van der Waals surface area (Å²) in [5.41, 5.74) is 0. The lowest BCUT2D eigenvalue weighted by atomic mass is 9.85. The van der Waals surface area contributed by atoms with Crippen molar-refractivity contribution >= 4 is 17.7 Å². The molecule has 2 fully saturated rings. The van der Waals surface area contributed by atoms with Gasteiger partial charge in [-0.2, -0.15) is 0 Å². The number of imide groups is 1. The van der Waals surface area contributed by atoms with E-state index in [1.54, 1.807) is 4.90 Å². The molecule has 3 aliphatic rings. The van der Waals surface area contributed by atoms with Crippen LogP contribution < -0.4 is 5.32 Å². The Hall–Kier alpha value is -1.69. The quantitative estimate of drug-likeness (QED) is 0.539. The summed E-state index contributed by atoms with van der Waals surface area (Å²) in [6.07, 6.45) is 5.14. The fraction of sp³-hybridized carbons (Fsp3) is 0.643. The van der Waals surface area contributed by atoms with Gasteiger partial charge < -0.3 is 10.2 Å². The van der Waals surface area contributed by atoms with Gasteiger partial charge in [-0.1, -0.05) is 12.2 Å². The third-order valence-electron chi connectivity index (χ3n) is 4.36. The number of likely N-dealkylation sites (tertiary alicyclic amines) is 1. The number of carbonyl (C=O) groups excluding carboxylic acids is 3. The molecule has 108 valence electrons. The summed E-state index contributed by atoms with van der Waals surface area (Å²) in [5, 5.41) is 3.17. The summed E-state index contributed by atoms with van der Waals surface area (Å²) in [6, 6.07) is 0. The minimum absolute atomic E-state index is 0.0926. The fourth-order valence-corrected chi connectivity index (χ4v) is 3.17. The second kappa shape index (κ2) is 5.36. The highest BCUT2D eigenvalue weighted by Gasteiger charge is 2.47. The third-order valence-corrected chi connectivity index (χ3v) is 4.36. The van der Waals surface area contributed by atoms with E-state index >= 15 is 0 Å². The van der Waals surface area contributed by atoms with Crippen LogP contribution in [0, 0.1) is 11.8 Å². The first kappa shape index (κ1) is 13.3. The van der Waals surface area contributed by atoms with Gasteiger partial charge in [0.15, 0.2) is 0 Å². The average molecular weight is 277 g/mol. The summed E-state index contributed by atoms with van der Waals surface area (Å²) in [5.74, 6) is -0.966. The molecule has 2 atom stereocenters. The van der Waals surface area contributed by atoms with E-state index in [-0.39, 0.29) is 36.1 Å². The zero-order valence-corrected chi connectivity index (χ0v) is 11.4. The van der Waals surface area contributed by atoms with Gasteiger partial charge in [-0.15, -0.1) is 0 Å². The second-order valence-corrected chi connectivity index (χ2v) is 5.55. The largest absolute Gasteiger partial charge is 0.339 e. The van der Waals surface area contributed by atoms with Crippen LogP contribution in [0.4, 0.5) is 0 Å². The normalized spacial score (nSPS) is 29.8. The van der Waals surface area contributed by atoms with Crippen molar-refractivity contribution in [3.63, 3.8) is 0 Å². The van der Waals surface area contributed by atoms with E-state index in [9.17, 15) is 14.4 Å². The van der Waals surface area contributed by atoms with Crippen LogP contribution in [-0.4, -0.2) is 60.2 Å². The smallest absolute Gasteiger partial charge is 0.242 e. The lowest BCUT2D eigenvalue weighted by Gasteiger charge is -2.28. The van der Waals surface area contributed by atoms with Crippen LogP contribution >= 0.6 is 0 Å². The number of amides is 3. The summed E-state index contributed by atoms with van der Waals surface area (Å²) >= 11 is 0. The van der Waals surface area contributed by atoms with Gasteiger partial charge in [0.05, 0.1) is 11.8 Å². The van der Waals surface area contributed by atoms with Crippen molar-refractivity contribution in [2.75, 3.05) is 32.7 Å². The Balaban J connectivity index is 1.66. The van der Waals surface area contributed by atoms with Crippen LogP contribution in [0.25, 0.3) is 0 Å². The van der Waals surface area contributed by atoms with Gasteiger partial charge in [0.25, 0.3) is 0 Å². The number of rotatable bonds is 2. The molecule has 3 rings (SSSR count). The molecule has 2 aliphatic heterocycles. The van der Waals surface area contributed by atoms with Gasteiger partial charge in [-0.25, -0.2) is 0 Å². The van der Waals surface area contributed by atoms with E-state index in [1.165, 1.54) is 4.90 Å². The predicted molar refractivity (Wildman–Crippen MR) is 71.5 cm³/mol. The van der Waals surface area contributed by atoms with Gasteiger partial charge in [0, 0.05) is 26.2 Å². The zero-order chi connectivity index (χ0) is 14.1. The molecular weight excluding hydrogens is 258 g/mol. The molecule has 2 saturated heterocycles. The average Bonchev–Trinajstić information content (AvgIpc) is 2.74. The van der Waals surface area contributed by atoms with Crippen LogP contribution in [0.2, 0.25) is 0 Å². The summed E-state index contributed by atoms with van der Waals surface area (Å²) in [4.78, 5) is 39.6. The Morgan fingerprint density at radius 1 is 1.10 bits per heavy atom. The first-order chi connectivity index (χ1) is 9.68. The monoisotopic (exact) mass is 277 g/mol. The van der Waals surface area contributed by atoms with Crippen molar-refractivity contribution in [3.05, 3.63) is 12.2 Å². The predicted octanol–water partition coefficient (Wildman–Crippen LogP) is -0.631. The Bertz CT molecular complexity index is 442. The van der Waals surface area contributed by atoms with E-state index < -0.39 is 0 Å². The third kappa shape index (κ3) is 2.24. The molecule has 6 heteroatoms. The van der Waals surface area contributed by atoms with Crippen LogP contribution in [-0.2, 0) is 14.4 Å². The highest BCUT2D eigenvalue weighted by Crippen LogP contribution is 2.34. The maximum Gasteiger partial charge on any atom is 0.242 e. The van der Waals surface area contributed by atoms with Gasteiger partial charge in [0.2, 0.25) is 17.7 Å². The number of hydrogen-bond acceptors (Lipinski definition) is 4. The van der Waals surface area contributed by atoms with Gasteiger partial charge >= 0.3 is 0 Å². The first-order valence-electron chi connectivity index (χ1n) is 7.17. The number of nitrogens with zero attached hydrogens (tertiary/aromatic N) is 2. The molecule has 0 aromatic rings. The van der Waals surface area contributed by atoms with Crippen LogP contribution in [0.5, 0.6) is 0 Å². The number of carbonyl (C=O) groups is 3. The van der Waals surface area contributed by atoms with Crippen molar-refractivity contribution in [1.82, 2.24) is 15.1 Å². The number of allylic oxidation sites excluding steroid dienone is 2. The second-order valence-electron chi connectivity index (χ2n) is 5.55. The van der Waals surface area contributed by atoms with E-state index in [4.69, 9.17) is 0 Å². The highest BCUT2D eigenvalue weighted by molar-refractivity contribution is 6.07. The van der Waals surface area contributed by atoms with E-state index in [0.29, 0.717) is 25.9 Å². The molecule has 0 saturated carbocycles.